The van der Waals surface area contributed by atoms with E-state index in [-0.39, 0.29) is 12.1 Å². The number of carbonyl (C=O) groups excluding carboxylic acids is 1. The number of rotatable bonds is 18. The van der Waals surface area contributed by atoms with Crippen molar-refractivity contribution in [2.45, 2.75) is 130 Å². The van der Waals surface area contributed by atoms with Crippen LogP contribution in [0.15, 0.2) is 24.3 Å². The Morgan fingerprint density at radius 2 is 1.09 bits per heavy atom. The molecule has 0 unspecified atom stereocenters. The number of hydrogen-bond acceptors (Lipinski definition) is 4. The molecular formula is C28H53NO3. The van der Waals surface area contributed by atoms with Gasteiger partial charge in [-0.25, -0.2) is 0 Å². The highest BCUT2D eigenvalue weighted by Gasteiger charge is 1.95. The Labute approximate surface area is 199 Å². The first kappa shape index (κ1) is 32.6. The van der Waals surface area contributed by atoms with Crippen LogP contribution in [-0.4, -0.2) is 17.7 Å². The Morgan fingerprint density at radius 3 is 1.53 bits per heavy atom. The number of unbranched alkanes of at least 4 members (excludes halogenated alkanes) is 14. The van der Waals surface area contributed by atoms with E-state index in [1.54, 1.807) is 12.1 Å². The van der Waals surface area contributed by atoms with Crippen LogP contribution in [-0.2, 0) is 16.0 Å². The van der Waals surface area contributed by atoms with Crippen LogP contribution in [0.2, 0.25) is 0 Å². The van der Waals surface area contributed by atoms with Crippen molar-refractivity contribution >= 4 is 5.97 Å². The summed E-state index contributed by atoms with van der Waals surface area (Å²) >= 11 is 0. The molecule has 0 aromatic heterocycles. The quantitative estimate of drug-likeness (QED) is 0.172. The molecule has 0 fully saturated rings. The molecule has 1 aromatic rings. The normalized spacial score (nSPS) is 10.1. The molecule has 0 saturated heterocycles. The predicted octanol–water partition coefficient (Wildman–Crippen LogP) is 8.93. The number of aryl methyl sites for hydroxylation is 1. The second-order valence-corrected chi connectivity index (χ2v) is 8.71. The maximum absolute atomic E-state index is 10.5. The van der Waals surface area contributed by atoms with Crippen molar-refractivity contribution < 1.29 is 14.6 Å². The average Bonchev–Trinajstić information content (AvgIpc) is 2.76. The number of benzene rings is 1. The van der Waals surface area contributed by atoms with Crippen LogP contribution in [0.5, 0.6) is 5.75 Å². The van der Waals surface area contributed by atoms with Gasteiger partial charge in [-0.2, -0.15) is 0 Å². The summed E-state index contributed by atoms with van der Waals surface area (Å²) in [7, 11) is 0. The molecule has 1 aromatic carbocycles. The van der Waals surface area contributed by atoms with E-state index in [9.17, 15) is 4.79 Å². The Kier molecular flexibility index (Phi) is 26.2. The van der Waals surface area contributed by atoms with E-state index in [0.717, 1.165) is 12.8 Å². The molecule has 0 aliphatic carbocycles. The molecule has 0 bridgehead atoms. The SMILES string of the molecule is CCCCCCCCCCCCOC(C)=O.CCCCCCCCc1ccc(O)cc1.N. The first-order chi connectivity index (χ1) is 15.1. The average molecular weight is 452 g/mol. The molecule has 32 heavy (non-hydrogen) atoms. The number of ether oxygens (including phenoxy) is 1. The molecule has 0 aliphatic rings. The molecule has 0 spiro atoms. The van der Waals surface area contributed by atoms with Crippen molar-refractivity contribution in [3.63, 3.8) is 0 Å². The van der Waals surface area contributed by atoms with E-state index >= 15 is 0 Å². The minimum absolute atomic E-state index is 0. The van der Waals surface area contributed by atoms with Gasteiger partial charge in [0, 0.05) is 6.92 Å². The molecule has 0 aliphatic heterocycles. The lowest BCUT2D eigenvalue weighted by Gasteiger charge is -2.02. The summed E-state index contributed by atoms with van der Waals surface area (Å²) in [5.41, 5.74) is 1.34. The highest BCUT2D eigenvalue weighted by atomic mass is 16.5. The third-order valence-corrected chi connectivity index (χ3v) is 5.56. The van der Waals surface area contributed by atoms with Gasteiger partial charge in [0.25, 0.3) is 0 Å². The minimum atomic E-state index is -0.157. The topological polar surface area (TPSA) is 81.5 Å². The van der Waals surface area contributed by atoms with Crippen LogP contribution < -0.4 is 6.15 Å². The fourth-order valence-corrected chi connectivity index (χ4v) is 3.58. The smallest absolute Gasteiger partial charge is 0.302 e. The number of hydrogen-bond donors (Lipinski definition) is 2. The Balaban J connectivity index is 0. The van der Waals surface area contributed by atoms with Crippen molar-refractivity contribution in [1.82, 2.24) is 6.15 Å². The summed E-state index contributed by atoms with van der Waals surface area (Å²) in [6.07, 6.45) is 22.3. The zero-order valence-electron chi connectivity index (χ0n) is 21.5. The van der Waals surface area contributed by atoms with Gasteiger partial charge >= 0.3 is 5.97 Å². The lowest BCUT2D eigenvalue weighted by atomic mass is 10.1. The summed E-state index contributed by atoms with van der Waals surface area (Å²) in [6.45, 7) is 6.57. The summed E-state index contributed by atoms with van der Waals surface area (Å²) in [4.78, 5) is 10.5. The second kappa shape index (κ2) is 25.7. The van der Waals surface area contributed by atoms with Crippen molar-refractivity contribution in [3.05, 3.63) is 29.8 Å². The van der Waals surface area contributed by atoms with Crippen molar-refractivity contribution in [2.75, 3.05) is 6.61 Å². The van der Waals surface area contributed by atoms with Crippen LogP contribution in [0.4, 0.5) is 0 Å². The van der Waals surface area contributed by atoms with Crippen LogP contribution in [0.1, 0.15) is 129 Å². The van der Waals surface area contributed by atoms with Gasteiger partial charge < -0.3 is 16.0 Å². The number of phenols is 1. The monoisotopic (exact) mass is 451 g/mol. The second-order valence-electron chi connectivity index (χ2n) is 8.71. The number of carbonyl (C=O) groups is 1. The highest BCUT2D eigenvalue weighted by molar-refractivity contribution is 5.65. The van der Waals surface area contributed by atoms with Gasteiger partial charge in [-0.1, -0.05) is 116 Å². The molecule has 4 nitrogen and oxygen atoms in total. The van der Waals surface area contributed by atoms with Crippen LogP contribution in [0.3, 0.4) is 0 Å². The molecule has 188 valence electrons. The van der Waals surface area contributed by atoms with Crippen LogP contribution in [0.25, 0.3) is 0 Å². The molecule has 0 heterocycles. The molecule has 0 saturated carbocycles. The number of phenolic OH excluding ortho intramolecular Hbond substituents is 1. The first-order valence-electron chi connectivity index (χ1n) is 13.0. The van der Waals surface area contributed by atoms with Crippen LogP contribution in [0, 0.1) is 0 Å². The summed E-state index contributed by atoms with van der Waals surface area (Å²) in [6, 6.07) is 7.57. The van der Waals surface area contributed by atoms with Crippen LogP contribution >= 0.6 is 0 Å². The molecule has 1 rings (SSSR count). The first-order valence-corrected chi connectivity index (χ1v) is 13.0. The third kappa shape index (κ3) is 24.7. The molecule has 0 amide bonds. The summed E-state index contributed by atoms with van der Waals surface area (Å²) in [5, 5.41) is 9.13. The maximum Gasteiger partial charge on any atom is 0.302 e. The van der Waals surface area contributed by atoms with Gasteiger partial charge in [0.15, 0.2) is 0 Å². The zero-order valence-corrected chi connectivity index (χ0v) is 21.5. The highest BCUT2D eigenvalue weighted by Crippen LogP contribution is 2.13. The van der Waals surface area contributed by atoms with Gasteiger partial charge in [0.05, 0.1) is 6.61 Å². The van der Waals surface area contributed by atoms with Gasteiger partial charge in [-0.05, 0) is 37.0 Å². The predicted molar refractivity (Wildman–Crippen MR) is 139 cm³/mol. The zero-order chi connectivity index (χ0) is 23.0. The lowest BCUT2D eigenvalue weighted by Crippen LogP contribution is -2.00. The number of esters is 1. The summed E-state index contributed by atoms with van der Waals surface area (Å²) < 4.78 is 4.87. The largest absolute Gasteiger partial charge is 0.508 e. The Bertz CT molecular complexity index is 502. The molecule has 4 N–H and O–H groups in total. The van der Waals surface area contributed by atoms with Crippen molar-refractivity contribution in [2.24, 2.45) is 0 Å². The van der Waals surface area contributed by atoms with Gasteiger partial charge in [-0.15, -0.1) is 0 Å². The Hall–Kier alpha value is -1.55. The van der Waals surface area contributed by atoms with Gasteiger partial charge in [0.1, 0.15) is 5.75 Å². The minimum Gasteiger partial charge on any atom is -0.508 e. The van der Waals surface area contributed by atoms with E-state index in [1.807, 2.05) is 12.1 Å². The third-order valence-electron chi connectivity index (χ3n) is 5.56. The van der Waals surface area contributed by atoms with E-state index in [4.69, 9.17) is 9.84 Å². The lowest BCUT2D eigenvalue weighted by molar-refractivity contribution is -0.141. The van der Waals surface area contributed by atoms with E-state index < -0.39 is 0 Å². The molecule has 0 atom stereocenters. The van der Waals surface area contributed by atoms with E-state index in [0.29, 0.717) is 12.4 Å². The van der Waals surface area contributed by atoms with Gasteiger partial charge in [0.2, 0.25) is 0 Å². The van der Waals surface area contributed by atoms with Crippen molar-refractivity contribution in [1.29, 1.82) is 0 Å². The standard InChI is InChI=1S/C14H28O2.C14H22O.H3N/c1-3-4-5-6-7-8-9-10-11-12-13-16-14(2)15;1-2-3-4-5-6-7-8-13-9-11-14(15)12-10-13;/h3-13H2,1-2H3;9-12,15H,2-8H2,1H3;1H3. The Morgan fingerprint density at radius 1 is 0.688 bits per heavy atom. The van der Waals surface area contributed by atoms with Gasteiger partial charge in [-0.3, -0.25) is 4.79 Å². The summed E-state index contributed by atoms with van der Waals surface area (Å²) in [5.74, 6) is 0.206. The maximum atomic E-state index is 10.5. The molecule has 0 radical (unpaired) electrons. The fourth-order valence-electron chi connectivity index (χ4n) is 3.58. The molecule has 4 heteroatoms. The molecular weight excluding hydrogens is 398 g/mol. The van der Waals surface area contributed by atoms with E-state index in [2.05, 4.69) is 13.8 Å². The number of aromatic hydroxyl groups is 1. The fraction of sp³-hybridized carbons (Fsp3) is 0.750. The van der Waals surface area contributed by atoms with E-state index in [1.165, 1.54) is 109 Å². The van der Waals surface area contributed by atoms with Crippen molar-refractivity contribution in [3.8, 4) is 5.75 Å².